The number of carboxylic acid groups (broad SMARTS) is 1. The Balaban J connectivity index is 2.17. The average Bonchev–Trinajstić information content (AvgIpc) is 2.88. The van der Waals surface area contributed by atoms with Crippen LogP contribution < -0.4 is 4.74 Å². The Morgan fingerprint density at radius 3 is 2.70 bits per heavy atom. The quantitative estimate of drug-likeness (QED) is 0.879. The van der Waals surface area contributed by atoms with Crippen LogP contribution in [-0.2, 0) is 11.3 Å². The first-order chi connectivity index (χ1) is 9.61. The monoisotopic (exact) mass is 274 g/mol. The first-order valence-electron chi connectivity index (χ1n) is 6.60. The maximum atomic E-state index is 10.8. The first kappa shape index (κ1) is 14.1. The van der Waals surface area contributed by atoms with Gasteiger partial charge in [0.15, 0.2) is 0 Å². The van der Waals surface area contributed by atoms with Gasteiger partial charge in [-0.25, -0.2) is 0 Å². The van der Waals surface area contributed by atoms with Crippen molar-refractivity contribution in [2.75, 3.05) is 6.61 Å². The van der Waals surface area contributed by atoms with Gasteiger partial charge in [0, 0.05) is 12.6 Å². The van der Waals surface area contributed by atoms with Gasteiger partial charge in [0.25, 0.3) is 0 Å². The summed E-state index contributed by atoms with van der Waals surface area (Å²) in [6.45, 7) is 4.45. The van der Waals surface area contributed by atoms with Gasteiger partial charge in [-0.3, -0.25) is 9.48 Å². The van der Waals surface area contributed by atoms with Crippen LogP contribution in [0.3, 0.4) is 0 Å². The molecule has 1 N–H and O–H groups in total. The standard InChI is InChI=1S/C15H18N2O3/c1-3-17-13(12-7-5-4-6-8-12)9-14(16-17)20-10-11(2)15(18)19/h4-9,11H,3,10H2,1-2H3,(H,18,19). The number of ether oxygens (including phenoxy) is 1. The second-order valence-corrected chi connectivity index (χ2v) is 4.60. The topological polar surface area (TPSA) is 64.4 Å². The van der Waals surface area contributed by atoms with E-state index < -0.39 is 11.9 Å². The summed E-state index contributed by atoms with van der Waals surface area (Å²) in [6, 6.07) is 11.7. The van der Waals surface area contributed by atoms with Crippen molar-refractivity contribution in [3.63, 3.8) is 0 Å². The molecular weight excluding hydrogens is 256 g/mol. The molecule has 5 heteroatoms. The van der Waals surface area contributed by atoms with E-state index in [1.165, 1.54) is 0 Å². The summed E-state index contributed by atoms with van der Waals surface area (Å²) in [7, 11) is 0. The van der Waals surface area contributed by atoms with Crippen LogP contribution in [0.15, 0.2) is 36.4 Å². The zero-order chi connectivity index (χ0) is 14.5. The molecule has 0 bridgehead atoms. The Bertz CT molecular complexity index is 578. The van der Waals surface area contributed by atoms with E-state index in [-0.39, 0.29) is 6.61 Å². The highest BCUT2D eigenvalue weighted by Crippen LogP contribution is 2.24. The van der Waals surface area contributed by atoms with Crippen LogP contribution in [-0.4, -0.2) is 27.5 Å². The predicted molar refractivity (Wildman–Crippen MR) is 75.6 cm³/mol. The van der Waals surface area contributed by atoms with Gasteiger partial charge in [0.05, 0.1) is 11.6 Å². The number of rotatable bonds is 6. The molecule has 2 aromatic rings. The van der Waals surface area contributed by atoms with E-state index in [1.807, 2.05) is 48.0 Å². The lowest BCUT2D eigenvalue weighted by molar-refractivity contribution is -0.142. The van der Waals surface area contributed by atoms with E-state index in [0.717, 1.165) is 17.8 Å². The normalized spacial score (nSPS) is 12.1. The maximum absolute atomic E-state index is 10.8. The largest absolute Gasteiger partial charge is 0.481 e. The molecule has 20 heavy (non-hydrogen) atoms. The number of hydrogen-bond acceptors (Lipinski definition) is 3. The van der Waals surface area contributed by atoms with E-state index in [4.69, 9.17) is 9.84 Å². The maximum Gasteiger partial charge on any atom is 0.309 e. The molecule has 0 aliphatic carbocycles. The summed E-state index contributed by atoms with van der Waals surface area (Å²) in [5.41, 5.74) is 2.02. The van der Waals surface area contributed by atoms with Gasteiger partial charge in [-0.1, -0.05) is 30.3 Å². The van der Waals surface area contributed by atoms with Gasteiger partial charge >= 0.3 is 5.97 Å². The highest BCUT2D eigenvalue weighted by molar-refractivity contribution is 5.69. The summed E-state index contributed by atoms with van der Waals surface area (Å²) in [5.74, 6) is -0.969. The van der Waals surface area contributed by atoms with Crippen LogP contribution in [0.4, 0.5) is 0 Å². The smallest absolute Gasteiger partial charge is 0.309 e. The summed E-state index contributed by atoms with van der Waals surface area (Å²) >= 11 is 0. The van der Waals surface area contributed by atoms with Crippen molar-refractivity contribution in [3.8, 4) is 17.1 Å². The second kappa shape index (κ2) is 6.23. The molecule has 1 unspecified atom stereocenters. The van der Waals surface area contributed by atoms with Gasteiger partial charge in [-0.2, -0.15) is 0 Å². The lowest BCUT2D eigenvalue weighted by atomic mass is 10.1. The number of aliphatic carboxylic acids is 1. The fourth-order valence-corrected chi connectivity index (χ4v) is 1.83. The fraction of sp³-hybridized carbons (Fsp3) is 0.333. The molecule has 5 nitrogen and oxygen atoms in total. The van der Waals surface area contributed by atoms with E-state index in [1.54, 1.807) is 6.92 Å². The number of carbonyl (C=O) groups is 1. The minimum Gasteiger partial charge on any atom is -0.481 e. The third-order valence-corrected chi connectivity index (χ3v) is 3.03. The highest BCUT2D eigenvalue weighted by atomic mass is 16.5. The molecule has 0 aliphatic rings. The summed E-state index contributed by atoms with van der Waals surface area (Å²) in [5, 5.41) is 13.2. The summed E-state index contributed by atoms with van der Waals surface area (Å²) in [4.78, 5) is 10.8. The predicted octanol–water partition coefficient (Wildman–Crippen LogP) is 2.67. The molecule has 0 saturated carbocycles. The molecule has 1 atom stereocenters. The zero-order valence-corrected chi connectivity index (χ0v) is 11.6. The van der Waals surface area contributed by atoms with Gasteiger partial charge < -0.3 is 9.84 Å². The number of hydrogen-bond donors (Lipinski definition) is 1. The van der Waals surface area contributed by atoms with E-state index >= 15 is 0 Å². The first-order valence-corrected chi connectivity index (χ1v) is 6.60. The Kier molecular flexibility index (Phi) is 4.40. The molecule has 106 valence electrons. The number of nitrogens with zero attached hydrogens (tertiary/aromatic N) is 2. The van der Waals surface area contributed by atoms with Crippen molar-refractivity contribution in [2.24, 2.45) is 5.92 Å². The summed E-state index contributed by atoms with van der Waals surface area (Å²) < 4.78 is 7.30. The molecule has 0 fully saturated rings. The molecule has 1 heterocycles. The van der Waals surface area contributed by atoms with Crippen LogP contribution in [0.1, 0.15) is 13.8 Å². The number of aromatic nitrogens is 2. The fourth-order valence-electron chi connectivity index (χ4n) is 1.83. The Morgan fingerprint density at radius 1 is 1.40 bits per heavy atom. The molecule has 2 rings (SSSR count). The van der Waals surface area contributed by atoms with Crippen molar-refractivity contribution in [1.29, 1.82) is 0 Å². The molecular formula is C15H18N2O3. The Labute approximate surface area is 117 Å². The van der Waals surface area contributed by atoms with Crippen LogP contribution >= 0.6 is 0 Å². The van der Waals surface area contributed by atoms with E-state index in [2.05, 4.69) is 5.10 Å². The second-order valence-electron chi connectivity index (χ2n) is 4.60. The third kappa shape index (κ3) is 3.17. The molecule has 0 spiro atoms. The third-order valence-electron chi connectivity index (χ3n) is 3.03. The van der Waals surface area contributed by atoms with Gasteiger partial charge in [0.1, 0.15) is 6.61 Å². The van der Waals surface area contributed by atoms with Gasteiger partial charge in [-0.15, -0.1) is 5.10 Å². The van der Waals surface area contributed by atoms with Crippen molar-refractivity contribution >= 4 is 5.97 Å². The average molecular weight is 274 g/mol. The van der Waals surface area contributed by atoms with Crippen molar-refractivity contribution in [1.82, 2.24) is 9.78 Å². The molecule has 1 aromatic heterocycles. The highest BCUT2D eigenvalue weighted by Gasteiger charge is 2.14. The molecule has 0 saturated heterocycles. The van der Waals surface area contributed by atoms with Crippen molar-refractivity contribution < 1.29 is 14.6 Å². The number of aryl methyl sites for hydroxylation is 1. The molecule has 0 amide bonds. The van der Waals surface area contributed by atoms with Crippen LogP contribution in [0.5, 0.6) is 5.88 Å². The molecule has 1 aromatic carbocycles. The van der Waals surface area contributed by atoms with Crippen LogP contribution in [0.2, 0.25) is 0 Å². The lowest BCUT2D eigenvalue weighted by Gasteiger charge is -2.05. The Morgan fingerprint density at radius 2 is 2.10 bits per heavy atom. The number of benzene rings is 1. The minimum atomic E-state index is -0.872. The van der Waals surface area contributed by atoms with Crippen LogP contribution in [0, 0.1) is 5.92 Å². The number of carboxylic acids is 1. The van der Waals surface area contributed by atoms with Crippen molar-refractivity contribution in [3.05, 3.63) is 36.4 Å². The molecule has 0 aliphatic heterocycles. The van der Waals surface area contributed by atoms with Crippen LogP contribution in [0.25, 0.3) is 11.3 Å². The minimum absolute atomic E-state index is 0.115. The van der Waals surface area contributed by atoms with Gasteiger partial charge in [-0.05, 0) is 19.4 Å². The summed E-state index contributed by atoms with van der Waals surface area (Å²) in [6.07, 6.45) is 0. The van der Waals surface area contributed by atoms with Gasteiger partial charge in [0.2, 0.25) is 5.88 Å². The lowest BCUT2D eigenvalue weighted by Crippen LogP contribution is -2.18. The molecule has 0 radical (unpaired) electrons. The van der Waals surface area contributed by atoms with E-state index in [9.17, 15) is 4.79 Å². The van der Waals surface area contributed by atoms with E-state index in [0.29, 0.717) is 5.88 Å². The Hall–Kier alpha value is -2.30. The SMILES string of the molecule is CCn1nc(OCC(C)C(=O)O)cc1-c1ccccc1. The van der Waals surface area contributed by atoms with Crippen molar-refractivity contribution in [2.45, 2.75) is 20.4 Å². The zero-order valence-electron chi connectivity index (χ0n) is 11.6.